The Kier molecular flexibility index (Phi) is 11.3. The smallest absolute Gasteiger partial charge is 0.408 e. The lowest BCUT2D eigenvalue weighted by atomic mass is 9.85. The second-order valence-corrected chi connectivity index (χ2v) is 13.8. The summed E-state index contributed by atoms with van der Waals surface area (Å²) >= 11 is 5.95. The van der Waals surface area contributed by atoms with E-state index >= 15 is 0 Å². The number of likely N-dealkylation sites (tertiary alicyclic amines) is 1. The summed E-state index contributed by atoms with van der Waals surface area (Å²) in [5.41, 5.74) is -1.52. The van der Waals surface area contributed by atoms with Gasteiger partial charge in [0.15, 0.2) is 6.10 Å². The van der Waals surface area contributed by atoms with E-state index in [9.17, 15) is 24.3 Å². The number of hydrogen-bond donors (Lipinski definition) is 4. The minimum Gasteiger partial charge on any atom is -0.472 e. The number of pyridine rings is 1. The van der Waals surface area contributed by atoms with E-state index < -0.39 is 65.2 Å². The van der Waals surface area contributed by atoms with Gasteiger partial charge >= 0.3 is 6.09 Å². The Labute approximate surface area is 258 Å². The maximum absolute atomic E-state index is 14.1. The second kappa shape index (κ2) is 14.1. The first-order valence-corrected chi connectivity index (χ1v) is 15.2. The van der Waals surface area contributed by atoms with Crippen molar-refractivity contribution >= 4 is 35.4 Å². The van der Waals surface area contributed by atoms with Crippen LogP contribution in [-0.2, 0) is 19.1 Å². The molecule has 1 aliphatic carbocycles. The van der Waals surface area contributed by atoms with Crippen molar-refractivity contribution in [1.82, 2.24) is 25.8 Å². The molecule has 2 fully saturated rings. The lowest BCUT2D eigenvalue weighted by Crippen LogP contribution is -2.59. The molecule has 12 nitrogen and oxygen atoms in total. The van der Waals surface area contributed by atoms with Crippen LogP contribution in [0.3, 0.4) is 0 Å². The Balaban J connectivity index is 1.85. The zero-order chi connectivity index (χ0) is 32.1. The predicted molar refractivity (Wildman–Crippen MR) is 160 cm³/mol. The highest BCUT2D eigenvalue weighted by Gasteiger charge is 2.47. The lowest BCUT2D eigenvalue weighted by molar-refractivity contribution is -0.143. The monoisotopic (exact) mass is 623 g/mol. The summed E-state index contributed by atoms with van der Waals surface area (Å²) in [6.07, 6.45) is 1.41. The van der Waals surface area contributed by atoms with Crippen LogP contribution in [0.2, 0.25) is 5.02 Å². The molecule has 0 aromatic carbocycles. The van der Waals surface area contributed by atoms with Gasteiger partial charge in [-0.05, 0) is 51.5 Å². The van der Waals surface area contributed by atoms with Gasteiger partial charge in [0.05, 0.1) is 17.6 Å². The molecule has 240 valence electrons. The van der Waals surface area contributed by atoms with Gasteiger partial charge in [0.1, 0.15) is 23.8 Å². The Morgan fingerprint density at radius 2 is 1.79 bits per heavy atom. The molecule has 2 heterocycles. The molecule has 5 atom stereocenters. The largest absolute Gasteiger partial charge is 0.472 e. The standard InChI is InChI=1S/C30H46ClN5O7/c1-8-9-20(23(37)26(39)33-18-11-12-18)34-25(38)21-14-19(42-22-13-10-17(31)15-32-22)16-36(21)27(40)24(29(2,3)4)35-28(41)43-30(5,6)7/h10,13,15,18-21,23-24,37H,8-9,11-12,14,16H2,1-7H3,(H,33,39)(H,34,38)(H,35,41)/t19-,20+,21+,23?,24-/m1/s1. The summed E-state index contributed by atoms with van der Waals surface area (Å²) in [7, 11) is 0. The summed E-state index contributed by atoms with van der Waals surface area (Å²) in [4.78, 5) is 58.8. The molecular weight excluding hydrogens is 578 g/mol. The van der Waals surface area contributed by atoms with Crippen molar-refractivity contribution in [3.05, 3.63) is 23.4 Å². The predicted octanol–water partition coefficient (Wildman–Crippen LogP) is 2.95. The first kappa shape index (κ1) is 34.4. The van der Waals surface area contributed by atoms with Crippen LogP contribution in [0.15, 0.2) is 18.3 Å². The van der Waals surface area contributed by atoms with Crippen molar-refractivity contribution in [2.75, 3.05) is 6.54 Å². The molecule has 1 aromatic rings. The van der Waals surface area contributed by atoms with E-state index in [0.717, 1.165) is 12.8 Å². The topological polar surface area (TPSA) is 159 Å². The molecule has 43 heavy (non-hydrogen) atoms. The number of nitrogens with zero attached hydrogens (tertiary/aromatic N) is 2. The second-order valence-electron chi connectivity index (χ2n) is 13.4. The minimum atomic E-state index is -1.45. The number of nitrogens with one attached hydrogen (secondary N) is 3. The molecule has 0 spiro atoms. The molecule has 1 unspecified atom stereocenters. The van der Waals surface area contributed by atoms with Crippen molar-refractivity contribution < 1.29 is 33.8 Å². The number of alkyl carbamates (subject to hydrolysis) is 1. The molecule has 13 heteroatoms. The third-order valence-electron chi connectivity index (χ3n) is 7.11. The van der Waals surface area contributed by atoms with Crippen LogP contribution in [0, 0.1) is 5.41 Å². The Hall–Kier alpha value is -3.12. The van der Waals surface area contributed by atoms with Gasteiger partial charge in [0, 0.05) is 24.7 Å². The molecule has 4 amide bonds. The van der Waals surface area contributed by atoms with Crippen LogP contribution in [-0.4, -0.2) is 87.3 Å². The fraction of sp³-hybridized carbons (Fsp3) is 0.700. The first-order chi connectivity index (χ1) is 20.0. The van der Waals surface area contributed by atoms with Crippen molar-refractivity contribution in [2.45, 2.75) is 123 Å². The normalized spacial score (nSPS) is 20.9. The van der Waals surface area contributed by atoms with E-state index in [2.05, 4.69) is 20.9 Å². The number of aliphatic hydroxyl groups excluding tert-OH is 1. The number of halogens is 1. The number of amides is 4. The molecule has 4 N–H and O–H groups in total. The molecule has 0 bridgehead atoms. The molecular formula is C30H46ClN5O7. The fourth-order valence-electron chi connectivity index (χ4n) is 4.81. The maximum atomic E-state index is 14.1. The van der Waals surface area contributed by atoms with E-state index in [4.69, 9.17) is 21.1 Å². The summed E-state index contributed by atoms with van der Waals surface area (Å²) in [6, 6.07) is 0.365. The van der Waals surface area contributed by atoms with Crippen molar-refractivity contribution in [2.24, 2.45) is 5.41 Å². The van der Waals surface area contributed by atoms with Gasteiger partial charge in [0.25, 0.3) is 5.91 Å². The van der Waals surface area contributed by atoms with E-state index in [1.807, 2.05) is 6.92 Å². The maximum Gasteiger partial charge on any atom is 0.408 e. The number of carbonyl (C=O) groups excluding carboxylic acids is 4. The van der Waals surface area contributed by atoms with Crippen molar-refractivity contribution in [3.8, 4) is 5.88 Å². The average Bonchev–Trinajstić information content (AvgIpc) is 3.61. The number of hydrogen-bond acceptors (Lipinski definition) is 8. The van der Waals surface area contributed by atoms with Gasteiger partial charge in [-0.2, -0.15) is 0 Å². The van der Waals surface area contributed by atoms with Crippen molar-refractivity contribution in [3.63, 3.8) is 0 Å². The highest BCUT2D eigenvalue weighted by molar-refractivity contribution is 6.30. The molecule has 1 aromatic heterocycles. The highest BCUT2D eigenvalue weighted by Crippen LogP contribution is 2.29. The minimum absolute atomic E-state index is 0.0347. The first-order valence-electron chi connectivity index (χ1n) is 14.9. The fourth-order valence-corrected chi connectivity index (χ4v) is 4.93. The molecule has 1 saturated carbocycles. The van der Waals surface area contributed by atoms with Crippen LogP contribution in [0.1, 0.15) is 80.6 Å². The lowest BCUT2D eigenvalue weighted by Gasteiger charge is -2.36. The van der Waals surface area contributed by atoms with Crippen LogP contribution in [0.25, 0.3) is 0 Å². The SMILES string of the molecule is CCC[C@H](NC(=O)[C@@H]1C[C@@H](Oc2ccc(Cl)cn2)CN1C(=O)[C@@H](NC(=O)OC(C)(C)C)C(C)(C)C)C(O)C(=O)NC1CC1. The van der Waals surface area contributed by atoms with Crippen LogP contribution < -0.4 is 20.7 Å². The summed E-state index contributed by atoms with van der Waals surface area (Å²) in [5.74, 6) is -1.29. The van der Waals surface area contributed by atoms with Crippen LogP contribution >= 0.6 is 11.6 Å². The molecule has 2 aliphatic rings. The van der Waals surface area contributed by atoms with Crippen LogP contribution in [0.4, 0.5) is 4.79 Å². The molecule has 3 rings (SSSR count). The van der Waals surface area contributed by atoms with Gasteiger partial charge in [-0.25, -0.2) is 9.78 Å². The number of aliphatic hydroxyl groups is 1. The molecule has 1 aliphatic heterocycles. The van der Waals surface area contributed by atoms with Crippen molar-refractivity contribution in [1.29, 1.82) is 0 Å². The molecule has 0 radical (unpaired) electrons. The van der Waals surface area contributed by atoms with E-state index in [-0.39, 0.29) is 24.9 Å². The van der Waals surface area contributed by atoms with Gasteiger partial charge in [-0.3, -0.25) is 14.4 Å². The third kappa shape index (κ3) is 10.2. The molecule has 1 saturated heterocycles. The Bertz CT molecular complexity index is 1150. The Morgan fingerprint density at radius 3 is 2.33 bits per heavy atom. The number of aromatic nitrogens is 1. The van der Waals surface area contributed by atoms with Gasteiger partial charge in [-0.1, -0.05) is 45.7 Å². The zero-order valence-corrected chi connectivity index (χ0v) is 26.9. The average molecular weight is 624 g/mol. The summed E-state index contributed by atoms with van der Waals surface area (Å²) in [6.45, 7) is 12.5. The number of carbonyl (C=O) groups is 4. The zero-order valence-electron chi connectivity index (χ0n) is 26.1. The van der Waals surface area contributed by atoms with Crippen LogP contribution in [0.5, 0.6) is 5.88 Å². The van der Waals surface area contributed by atoms with Gasteiger partial charge < -0.3 is 35.4 Å². The third-order valence-corrected chi connectivity index (χ3v) is 7.33. The van der Waals surface area contributed by atoms with E-state index in [1.54, 1.807) is 53.7 Å². The van der Waals surface area contributed by atoms with E-state index in [0.29, 0.717) is 17.9 Å². The highest BCUT2D eigenvalue weighted by atomic mass is 35.5. The Morgan fingerprint density at radius 1 is 1.12 bits per heavy atom. The van der Waals surface area contributed by atoms with E-state index in [1.165, 1.54) is 11.1 Å². The summed E-state index contributed by atoms with van der Waals surface area (Å²) < 4.78 is 11.4. The number of ether oxygens (including phenoxy) is 2. The number of rotatable bonds is 11. The van der Waals surface area contributed by atoms with Gasteiger partial charge in [-0.15, -0.1) is 0 Å². The quantitative estimate of drug-likeness (QED) is 0.293. The van der Waals surface area contributed by atoms with Gasteiger partial charge in [0.2, 0.25) is 17.7 Å². The summed E-state index contributed by atoms with van der Waals surface area (Å²) in [5, 5.41) is 19.5.